The summed E-state index contributed by atoms with van der Waals surface area (Å²) in [4.78, 5) is 8.17. The number of nitrogens with zero attached hydrogens (tertiary/aromatic N) is 2. The van der Waals surface area contributed by atoms with Crippen LogP contribution in [0.3, 0.4) is 0 Å². The number of rotatable bonds is 1. The van der Waals surface area contributed by atoms with Crippen LogP contribution >= 0.6 is 50.1 Å². The quantitative estimate of drug-likeness (QED) is 0.515. The minimum absolute atomic E-state index is 0.351. The predicted octanol–water partition coefficient (Wildman–Crippen LogP) is 4.30. The SMILES string of the molecule is Fc1cc(-c2ncc(I)c(Cl)n2)ccc1Br. The van der Waals surface area contributed by atoms with E-state index in [1.807, 2.05) is 22.6 Å². The molecular formula is C10H4BrClFIN2. The van der Waals surface area contributed by atoms with Gasteiger partial charge in [0.2, 0.25) is 0 Å². The standard InChI is InChI=1S/C10H4BrClFIN2/c11-6-2-1-5(3-7(6)13)10-15-4-8(14)9(12)16-10/h1-4H. The summed E-state index contributed by atoms with van der Waals surface area (Å²) < 4.78 is 14.5. The number of hydrogen-bond acceptors (Lipinski definition) is 2. The van der Waals surface area contributed by atoms with E-state index >= 15 is 0 Å². The summed E-state index contributed by atoms with van der Waals surface area (Å²) in [5, 5.41) is 0.369. The van der Waals surface area contributed by atoms with Gasteiger partial charge in [-0.15, -0.1) is 0 Å². The molecule has 0 fully saturated rings. The highest BCUT2D eigenvalue weighted by molar-refractivity contribution is 14.1. The molecule has 0 atom stereocenters. The maximum Gasteiger partial charge on any atom is 0.161 e. The van der Waals surface area contributed by atoms with Crippen LogP contribution in [-0.4, -0.2) is 9.97 Å². The third-order valence-electron chi connectivity index (χ3n) is 1.88. The molecule has 0 aliphatic rings. The molecule has 0 saturated carbocycles. The lowest BCUT2D eigenvalue weighted by Gasteiger charge is -2.02. The van der Waals surface area contributed by atoms with Crippen molar-refractivity contribution in [3.63, 3.8) is 0 Å². The molecule has 0 N–H and O–H groups in total. The molecule has 0 aliphatic carbocycles. The van der Waals surface area contributed by atoms with Crippen LogP contribution in [0.4, 0.5) is 4.39 Å². The highest BCUT2D eigenvalue weighted by atomic mass is 127. The Morgan fingerprint density at radius 3 is 2.75 bits per heavy atom. The predicted molar refractivity (Wildman–Crippen MR) is 72.9 cm³/mol. The monoisotopic (exact) mass is 412 g/mol. The maximum atomic E-state index is 13.3. The summed E-state index contributed by atoms with van der Waals surface area (Å²) in [6, 6.07) is 4.70. The van der Waals surface area contributed by atoms with Crippen LogP contribution in [0.5, 0.6) is 0 Å². The van der Waals surface area contributed by atoms with E-state index in [-0.39, 0.29) is 5.82 Å². The van der Waals surface area contributed by atoms with E-state index in [0.717, 1.165) is 3.57 Å². The molecule has 2 rings (SSSR count). The van der Waals surface area contributed by atoms with Gasteiger partial charge in [-0.1, -0.05) is 11.6 Å². The van der Waals surface area contributed by atoms with Crippen molar-refractivity contribution in [2.45, 2.75) is 0 Å². The van der Waals surface area contributed by atoms with Crippen molar-refractivity contribution in [1.29, 1.82) is 0 Å². The number of benzene rings is 1. The zero-order chi connectivity index (χ0) is 11.7. The molecule has 0 saturated heterocycles. The molecule has 0 unspecified atom stereocenters. The zero-order valence-electron chi connectivity index (χ0n) is 7.72. The second-order valence-corrected chi connectivity index (χ2v) is 5.34. The molecule has 0 radical (unpaired) electrons. The van der Waals surface area contributed by atoms with Crippen molar-refractivity contribution < 1.29 is 4.39 Å². The Labute approximate surface area is 119 Å². The zero-order valence-corrected chi connectivity index (χ0v) is 12.2. The van der Waals surface area contributed by atoms with E-state index in [4.69, 9.17) is 11.6 Å². The fourth-order valence-corrected chi connectivity index (χ4v) is 1.76. The molecule has 16 heavy (non-hydrogen) atoms. The molecule has 2 aromatic rings. The Bertz CT molecular complexity index is 501. The van der Waals surface area contributed by atoms with Crippen molar-refractivity contribution in [3.8, 4) is 11.4 Å². The topological polar surface area (TPSA) is 25.8 Å². The summed E-state index contributed by atoms with van der Waals surface area (Å²) in [7, 11) is 0. The average Bonchev–Trinajstić information content (AvgIpc) is 2.26. The Morgan fingerprint density at radius 2 is 2.12 bits per heavy atom. The summed E-state index contributed by atoms with van der Waals surface area (Å²) in [6.45, 7) is 0. The van der Waals surface area contributed by atoms with Crippen LogP contribution in [0.15, 0.2) is 28.9 Å². The molecule has 1 aromatic heterocycles. The van der Waals surface area contributed by atoms with E-state index in [0.29, 0.717) is 21.0 Å². The molecular weight excluding hydrogens is 409 g/mol. The van der Waals surface area contributed by atoms with Crippen molar-refractivity contribution in [2.75, 3.05) is 0 Å². The molecule has 1 heterocycles. The van der Waals surface area contributed by atoms with E-state index in [9.17, 15) is 4.39 Å². The second kappa shape index (κ2) is 4.93. The first kappa shape index (κ1) is 12.2. The molecule has 1 aromatic carbocycles. The van der Waals surface area contributed by atoms with Gasteiger partial charge in [0.1, 0.15) is 11.0 Å². The third-order valence-corrected chi connectivity index (χ3v) is 3.92. The average molecular weight is 413 g/mol. The smallest absolute Gasteiger partial charge is 0.161 e. The van der Waals surface area contributed by atoms with Crippen LogP contribution in [0, 0.1) is 9.39 Å². The van der Waals surface area contributed by atoms with E-state index in [1.54, 1.807) is 18.3 Å². The number of aromatic nitrogens is 2. The third kappa shape index (κ3) is 2.52. The Hall–Kier alpha value is -0.270. The van der Waals surface area contributed by atoms with Gasteiger partial charge >= 0.3 is 0 Å². The first-order valence-electron chi connectivity index (χ1n) is 4.21. The lowest BCUT2D eigenvalue weighted by Crippen LogP contribution is -1.92. The van der Waals surface area contributed by atoms with Crippen LogP contribution in [0.25, 0.3) is 11.4 Å². The lowest BCUT2D eigenvalue weighted by atomic mass is 10.2. The van der Waals surface area contributed by atoms with Gasteiger partial charge in [0, 0.05) is 11.8 Å². The maximum absolute atomic E-state index is 13.3. The molecule has 2 nitrogen and oxygen atoms in total. The van der Waals surface area contributed by atoms with Crippen LogP contribution in [0.2, 0.25) is 5.15 Å². The van der Waals surface area contributed by atoms with Crippen molar-refractivity contribution >= 4 is 50.1 Å². The van der Waals surface area contributed by atoms with Crippen molar-refractivity contribution in [2.24, 2.45) is 0 Å². The van der Waals surface area contributed by atoms with Crippen molar-refractivity contribution in [3.05, 3.63) is 43.4 Å². The van der Waals surface area contributed by atoms with Gasteiger partial charge < -0.3 is 0 Å². The molecule has 82 valence electrons. The van der Waals surface area contributed by atoms with E-state index in [2.05, 4.69) is 25.9 Å². The Morgan fingerprint density at radius 1 is 1.38 bits per heavy atom. The van der Waals surface area contributed by atoms with Crippen LogP contribution in [0.1, 0.15) is 0 Å². The van der Waals surface area contributed by atoms with Crippen LogP contribution in [-0.2, 0) is 0 Å². The molecule has 0 amide bonds. The largest absolute Gasteiger partial charge is 0.235 e. The molecule has 0 spiro atoms. The molecule has 6 heteroatoms. The summed E-state index contributed by atoms with van der Waals surface area (Å²) in [6.07, 6.45) is 1.60. The molecule has 0 aliphatic heterocycles. The van der Waals surface area contributed by atoms with E-state index in [1.165, 1.54) is 6.07 Å². The van der Waals surface area contributed by atoms with Gasteiger partial charge in [-0.05, 0) is 56.7 Å². The first-order valence-corrected chi connectivity index (χ1v) is 6.46. The van der Waals surface area contributed by atoms with E-state index < -0.39 is 0 Å². The second-order valence-electron chi connectivity index (χ2n) is 2.96. The fourth-order valence-electron chi connectivity index (χ4n) is 1.12. The number of halogens is 4. The Balaban J connectivity index is 2.50. The van der Waals surface area contributed by atoms with Gasteiger partial charge in [-0.3, -0.25) is 0 Å². The van der Waals surface area contributed by atoms with Gasteiger partial charge in [0.05, 0.1) is 8.04 Å². The van der Waals surface area contributed by atoms with Gasteiger partial charge in [-0.25, -0.2) is 14.4 Å². The van der Waals surface area contributed by atoms with Gasteiger partial charge in [-0.2, -0.15) is 0 Å². The normalized spacial score (nSPS) is 10.5. The van der Waals surface area contributed by atoms with Gasteiger partial charge in [0.15, 0.2) is 5.82 Å². The lowest BCUT2D eigenvalue weighted by molar-refractivity contribution is 0.621. The van der Waals surface area contributed by atoms with Crippen molar-refractivity contribution in [1.82, 2.24) is 9.97 Å². The number of hydrogen-bond donors (Lipinski definition) is 0. The highest BCUT2D eigenvalue weighted by Gasteiger charge is 2.07. The van der Waals surface area contributed by atoms with Crippen LogP contribution < -0.4 is 0 Å². The summed E-state index contributed by atoms with van der Waals surface area (Å²) >= 11 is 11.0. The Kier molecular flexibility index (Phi) is 3.76. The summed E-state index contributed by atoms with van der Waals surface area (Å²) in [5.74, 6) is 0.0626. The highest BCUT2D eigenvalue weighted by Crippen LogP contribution is 2.24. The minimum Gasteiger partial charge on any atom is -0.235 e. The summed E-state index contributed by atoms with van der Waals surface area (Å²) in [5.41, 5.74) is 0.596. The minimum atomic E-state index is -0.351. The fraction of sp³-hybridized carbons (Fsp3) is 0. The van der Waals surface area contributed by atoms with Gasteiger partial charge in [0.25, 0.3) is 0 Å². The first-order chi connectivity index (χ1) is 7.58. The molecule has 0 bridgehead atoms.